The van der Waals surface area contributed by atoms with E-state index in [2.05, 4.69) is 35.2 Å². The maximum absolute atomic E-state index is 11.9. The maximum Gasteiger partial charge on any atom is 0.220 e. The molecule has 128 valence electrons. The molecule has 1 aliphatic carbocycles. The molecular formula is C18H29N3O2. The van der Waals surface area contributed by atoms with Crippen LogP contribution in [-0.4, -0.2) is 62.0 Å². The van der Waals surface area contributed by atoms with E-state index in [0.29, 0.717) is 18.8 Å². The van der Waals surface area contributed by atoms with Gasteiger partial charge in [-0.15, -0.1) is 0 Å². The van der Waals surface area contributed by atoms with Crippen molar-refractivity contribution in [2.75, 3.05) is 46.3 Å². The van der Waals surface area contributed by atoms with Crippen LogP contribution >= 0.6 is 0 Å². The van der Waals surface area contributed by atoms with Gasteiger partial charge in [-0.05, 0) is 31.5 Å². The summed E-state index contributed by atoms with van der Waals surface area (Å²) >= 11 is 0. The number of rotatable bonds is 7. The fourth-order valence-corrected chi connectivity index (χ4v) is 3.20. The fourth-order valence-electron chi connectivity index (χ4n) is 3.20. The van der Waals surface area contributed by atoms with E-state index in [9.17, 15) is 4.79 Å². The zero-order valence-electron chi connectivity index (χ0n) is 14.4. The quantitative estimate of drug-likeness (QED) is 0.831. The van der Waals surface area contributed by atoms with E-state index in [4.69, 9.17) is 4.42 Å². The molecule has 1 amide bonds. The molecule has 5 heteroatoms. The summed E-state index contributed by atoms with van der Waals surface area (Å²) in [7, 11) is 2.16. The van der Waals surface area contributed by atoms with E-state index in [1.165, 1.54) is 6.42 Å². The number of amides is 1. The highest BCUT2D eigenvalue weighted by Gasteiger charge is 2.36. The van der Waals surface area contributed by atoms with Gasteiger partial charge >= 0.3 is 0 Å². The summed E-state index contributed by atoms with van der Waals surface area (Å²) in [6, 6.07) is 4.10. The van der Waals surface area contributed by atoms with E-state index in [0.717, 1.165) is 56.7 Å². The predicted octanol–water partition coefficient (Wildman–Crippen LogP) is 1.70. The van der Waals surface area contributed by atoms with Gasteiger partial charge in [0, 0.05) is 58.0 Å². The zero-order valence-corrected chi connectivity index (χ0v) is 14.4. The van der Waals surface area contributed by atoms with Crippen molar-refractivity contribution in [3.63, 3.8) is 0 Å². The van der Waals surface area contributed by atoms with Gasteiger partial charge in [0.2, 0.25) is 5.91 Å². The Morgan fingerprint density at radius 2 is 2.04 bits per heavy atom. The van der Waals surface area contributed by atoms with Crippen LogP contribution in [-0.2, 0) is 11.2 Å². The number of aryl methyl sites for hydroxylation is 1. The fraction of sp³-hybridized carbons (Fsp3) is 0.722. The summed E-state index contributed by atoms with van der Waals surface area (Å²) in [5.41, 5.74) is 0. The summed E-state index contributed by atoms with van der Waals surface area (Å²) in [6.07, 6.45) is 2.44. The van der Waals surface area contributed by atoms with Crippen LogP contribution in [0.15, 0.2) is 16.5 Å². The van der Waals surface area contributed by atoms with Crippen LogP contribution in [0.1, 0.15) is 37.2 Å². The highest BCUT2D eigenvalue weighted by Crippen LogP contribution is 2.47. The molecule has 2 heterocycles. The Kier molecular flexibility index (Phi) is 5.38. The molecule has 0 radical (unpaired) electrons. The Hall–Kier alpha value is -1.33. The highest BCUT2D eigenvalue weighted by molar-refractivity contribution is 5.76. The third kappa shape index (κ3) is 4.82. The average molecular weight is 319 g/mol. The minimum absolute atomic E-state index is 0.122. The molecule has 2 atom stereocenters. The SMILES string of the molecule is C[C@H]1C[C@H]1c1ccc(CCC(=O)NCCN2CCN(C)CC2)o1. The first kappa shape index (κ1) is 16.5. The third-order valence-electron chi connectivity index (χ3n) is 5.10. The lowest BCUT2D eigenvalue weighted by molar-refractivity contribution is -0.121. The van der Waals surface area contributed by atoms with E-state index >= 15 is 0 Å². The second-order valence-corrected chi connectivity index (χ2v) is 7.12. The van der Waals surface area contributed by atoms with Gasteiger partial charge in [0.25, 0.3) is 0 Å². The summed E-state index contributed by atoms with van der Waals surface area (Å²) in [4.78, 5) is 16.7. The summed E-state index contributed by atoms with van der Waals surface area (Å²) in [6.45, 7) is 8.38. The first-order valence-electron chi connectivity index (χ1n) is 8.88. The minimum atomic E-state index is 0.122. The average Bonchev–Trinajstić information content (AvgIpc) is 3.09. The molecule has 2 fully saturated rings. The first-order chi connectivity index (χ1) is 11.1. The van der Waals surface area contributed by atoms with Crippen molar-refractivity contribution in [2.24, 2.45) is 5.92 Å². The molecule has 1 aromatic rings. The smallest absolute Gasteiger partial charge is 0.220 e. The molecule has 0 aromatic carbocycles. The number of likely N-dealkylation sites (N-methyl/N-ethyl adjacent to an activating group) is 1. The number of hydrogen-bond acceptors (Lipinski definition) is 4. The van der Waals surface area contributed by atoms with Gasteiger partial charge < -0.3 is 14.6 Å². The monoisotopic (exact) mass is 319 g/mol. The molecule has 1 saturated heterocycles. The molecule has 0 spiro atoms. The van der Waals surface area contributed by atoms with Gasteiger partial charge in [-0.2, -0.15) is 0 Å². The molecular weight excluding hydrogens is 290 g/mol. The Morgan fingerprint density at radius 3 is 2.74 bits per heavy atom. The molecule has 2 aliphatic rings. The van der Waals surface area contributed by atoms with Crippen molar-refractivity contribution in [1.82, 2.24) is 15.1 Å². The van der Waals surface area contributed by atoms with E-state index in [1.807, 2.05) is 6.07 Å². The van der Waals surface area contributed by atoms with Gasteiger partial charge in [0.1, 0.15) is 11.5 Å². The van der Waals surface area contributed by atoms with Crippen LogP contribution in [0.3, 0.4) is 0 Å². The molecule has 1 saturated carbocycles. The molecule has 0 bridgehead atoms. The lowest BCUT2D eigenvalue weighted by Gasteiger charge is -2.32. The first-order valence-corrected chi connectivity index (χ1v) is 8.88. The van der Waals surface area contributed by atoms with Crippen LogP contribution in [0.4, 0.5) is 0 Å². The minimum Gasteiger partial charge on any atom is -0.466 e. The van der Waals surface area contributed by atoms with Gasteiger partial charge in [0.05, 0.1) is 0 Å². The van der Waals surface area contributed by atoms with Gasteiger partial charge in [-0.3, -0.25) is 9.69 Å². The van der Waals surface area contributed by atoms with Crippen molar-refractivity contribution in [3.05, 3.63) is 23.7 Å². The van der Waals surface area contributed by atoms with Crippen molar-refractivity contribution >= 4 is 5.91 Å². The number of carbonyl (C=O) groups excluding carboxylic acids is 1. The largest absolute Gasteiger partial charge is 0.466 e. The van der Waals surface area contributed by atoms with Gasteiger partial charge in [-0.25, -0.2) is 0 Å². The van der Waals surface area contributed by atoms with Crippen LogP contribution < -0.4 is 5.32 Å². The second kappa shape index (κ2) is 7.49. The van der Waals surface area contributed by atoms with Crippen LogP contribution in [0.25, 0.3) is 0 Å². The van der Waals surface area contributed by atoms with E-state index in [-0.39, 0.29) is 5.91 Å². The van der Waals surface area contributed by atoms with E-state index < -0.39 is 0 Å². The molecule has 23 heavy (non-hydrogen) atoms. The molecule has 5 nitrogen and oxygen atoms in total. The Morgan fingerprint density at radius 1 is 1.30 bits per heavy atom. The van der Waals surface area contributed by atoms with Crippen molar-refractivity contribution in [3.8, 4) is 0 Å². The standard InChI is InChI=1S/C18H29N3O2/c1-14-13-16(14)17-5-3-15(23-17)4-6-18(22)19-7-8-21-11-9-20(2)10-12-21/h3,5,14,16H,4,6-13H2,1-2H3,(H,19,22)/t14-,16+/m0/s1. The van der Waals surface area contributed by atoms with Crippen molar-refractivity contribution in [2.45, 2.75) is 32.1 Å². The number of piperazine rings is 1. The second-order valence-electron chi connectivity index (χ2n) is 7.12. The normalized spacial score (nSPS) is 25.5. The highest BCUT2D eigenvalue weighted by atomic mass is 16.3. The lowest BCUT2D eigenvalue weighted by Crippen LogP contribution is -2.46. The Balaban J connectivity index is 1.30. The topological polar surface area (TPSA) is 48.7 Å². The predicted molar refractivity (Wildman–Crippen MR) is 90.5 cm³/mol. The number of hydrogen-bond donors (Lipinski definition) is 1. The molecule has 1 aromatic heterocycles. The molecule has 3 rings (SSSR count). The third-order valence-corrected chi connectivity index (χ3v) is 5.10. The van der Waals surface area contributed by atoms with Crippen LogP contribution in [0.5, 0.6) is 0 Å². The molecule has 1 aliphatic heterocycles. The lowest BCUT2D eigenvalue weighted by atomic mass is 10.2. The van der Waals surface area contributed by atoms with Gasteiger partial charge in [0.15, 0.2) is 0 Å². The molecule has 1 N–H and O–H groups in total. The number of nitrogens with one attached hydrogen (secondary N) is 1. The number of furan rings is 1. The Labute approximate surface area is 139 Å². The van der Waals surface area contributed by atoms with E-state index in [1.54, 1.807) is 0 Å². The number of nitrogens with zero attached hydrogens (tertiary/aromatic N) is 2. The Bertz CT molecular complexity index is 520. The summed E-state index contributed by atoms with van der Waals surface area (Å²) in [5, 5.41) is 3.02. The van der Waals surface area contributed by atoms with Crippen molar-refractivity contribution < 1.29 is 9.21 Å². The maximum atomic E-state index is 11.9. The van der Waals surface area contributed by atoms with Crippen molar-refractivity contribution in [1.29, 1.82) is 0 Å². The zero-order chi connectivity index (χ0) is 16.2. The van der Waals surface area contributed by atoms with Crippen LogP contribution in [0, 0.1) is 5.92 Å². The summed E-state index contributed by atoms with van der Waals surface area (Å²) in [5.74, 6) is 3.53. The van der Waals surface area contributed by atoms with Gasteiger partial charge in [-0.1, -0.05) is 6.92 Å². The van der Waals surface area contributed by atoms with Crippen LogP contribution in [0.2, 0.25) is 0 Å². The summed E-state index contributed by atoms with van der Waals surface area (Å²) < 4.78 is 5.85. The number of carbonyl (C=O) groups is 1. The molecule has 0 unspecified atom stereocenters.